The van der Waals surface area contributed by atoms with Gasteiger partial charge < -0.3 is 14.7 Å². The van der Waals surface area contributed by atoms with Crippen LogP contribution in [0.5, 0.6) is 5.88 Å². The lowest BCUT2D eigenvalue weighted by Crippen LogP contribution is -2.35. The Bertz CT molecular complexity index is 752. The molecule has 1 aliphatic rings. The Morgan fingerprint density at radius 1 is 1.08 bits per heavy atom. The van der Waals surface area contributed by atoms with Gasteiger partial charge in [-0.25, -0.2) is 9.78 Å². The molecule has 6 nitrogen and oxygen atoms in total. The molecule has 25 heavy (non-hydrogen) atoms. The molecule has 1 aliphatic heterocycles. The van der Waals surface area contributed by atoms with Crippen molar-refractivity contribution in [2.24, 2.45) is 0 Å². The van der Waals surface area contributed by atoms with Crippen LogP contribution in [0.25, 0.3) is 0 Å². The van der Waals surface area contributed by atoms with E-state index < -0.39 is 6.16 Å². The number of amides is 1. The Kier molecular flexibility index (Phi) is 5.28. The third-order valence-electron chi connectivity index (χ3n) is 4.27. The summed E-state index contributed by atoms with van der Waals surface area (Å²) in [6, 6.07) is 10.9. The maximum absolute atomic E-state index is 12.5. The number of hydrogen-bond donors (Lipinski definition) is 1. The van der Waals surface area contributed by atoms with Crippen molar-refractivity contribution in [3.05, 3.63) is 59.3 Å². The van der Waals surface area contributed by atoms with Crippen molar-refractivity contribution in [1.29, 1.82) is 0 Å². The molecule has 0 bridgehead atoms. The summed E-state index contributed by atoms with van der Waals surface area (Å²) >= 11 is 0. The number of carboxylic acid groups (broad SMARTS) is 1. The fourth-order valence-electron chi connectivity index (χ4n) is 3.00. The molecule has 130 valence electrons. The fourth-order valence-corrected chi connectivity index (χ4v) is 3.00. The Morgan fingerprint density at radius 2 is 1.80 bits per heavy atom. The quantitative estimate of drug-likeness (QED) is 0.863. The van der Waals surface area contributed by atoms with E-state index in [1.165, 1.54) is 12.6 Å². The smallest absolute Gasteiger partial charge is 0.449 e. The second-order valence-electron chi connectivity index (χ2n) is 6.06. The zero-order valence-corrected chi connectivity index (χ0v) is 13.9. The van der Waals surface area contributed by atoms with Crippen LogP contribution in [0.4, 0.5) is 4.79 Å². The maximum atomic E-state index is 12.5. The van der Waals surface area contributed by atoms with Gasteiger partial charge >= 0.3 is 6.16 Å². The Morgan fingerprint density at radius 3 is 2.48 bits per heavy atom. The Labute approximate surface area is 146 Å². The molecule has 0 unspecified atom stereocenters. The molecule has 1 fully saturated rings. The molecule has 0 spiro atoms. The number of hydrogen-bond acceptors (Lipinski definition) is 4. The van der Waals surface area contributed by atoms with Crippen molar-refractivity contribution < 1.29 is 19.4 Å². The van der Waals surface area contributed by atoms with Crippen LogP contribution < -0.4 is 4.74 Å². The highest BCUT2D eigenvalue weighted by molar-refractivity contribution is 5.94. The summed E-state index contributed by atoms with van der Waals surface area (Å²) in [4.78, 5) is 29.1. The fraction of sp³-hybridized carbons (Fsp3) is 0.316. The molecule has 1 aromatic carbocycles. The van der Waals surface area contributed by atoms with E-state index in [1.807, 2.05) is 29.2 Å². The number of carbonyl (C=O) groups is 2. The molecule has 2 aromatic rings. The predicted molar refractivity (Wildman–Crippen MR) is 91.9 cm³/mol. The molecule has 2 heterocycles. The topological polar surface area (TPSA) is 79.7 Å². The van der Waals surface area contributed by atoms with Crippen molar-refractivity contribution in [2.45, 2.75) is 25.7 Å². The number of rotatable bonds is 4. The molecule has 3 rings (SSSR count). The molecule has 1 saturated heterocycles. The summed E-state index contributed by atoms with van der Waals surface area (Å²) in [5, 5.41) is 8.77. The van der Waals surface area contributed by atoms with Crippen LogP contribution in [0.3, 0.4) is 0 Å². The maximum Gasteiger partial charge on any atom is 0.512 e. The summed E-state index contributed by atoms with van der Waals surface area (Å²) < 4.78 is 4.70. The van der Waals surface area contributed by atoms with Crippen molar-refractivity contribution in [2.75, 3.05) is 13.1 Å². The van der Waals surface area contributed by atoms with Gasteiger partial charge in [-0.2, -0.15) is 0 Å². The first-order valence-corrected chi connectivity index (χ1v) is 8.36. The average molecular weight is 340 g/mol. The Hall–Kier alpha value is -2.89. The summed E-state index contributed by atoms with van der Waals surface area (Å²) in [7, 11) is 0. The molecule has 0 saturated carbocycles. The van der Waals surface area contributed by atoms with E-state index in [1.54, 1.807) is 12.1 Å². The van der Waals surface area contributed by atoms with E-state index in [0.717, 1.165) is 31.5 Å². The highest BCUT2D eigenvalue weighted by Crippen LogP contribution is 2.20. The molecule has 1 amide bonds. The number of ether oxygens (including phenoxy) is 1. The van der Waals surface area contributed by atoms with Crippen LogP contribution in [0, 0.1) is 0 Å². The third-order valence-corrected chi connectivity index (χ3v) is 4.27. The number of carbonyl (C=O) groups excluding carboxylic acids is 1. The average Bonchev–Trinajstić information content (AvgIpc) is 2.64. The van der Waals surface area contributed by atoms with Crippen LogP contribution in [0.2, 0.25) is 0 Å². The summed E-state index contributed by atoms with van der Waals surface area (Å²) in [5.74, 6) is 0.158. The van der Waals surface area contributed by atoms with Gasteiger partial charge in [-0.15, -0.1) is 0 Å². The first kappa shape index (κ1) is 17.0. The minimum Gasteiger partial charge on any atom is -0.449 e. The highest BCUT2D eigenvalue weighted by Gasteiger charge is 2.18. The third kappa shape index (κ3) is 4.35. The first-order valence-electron chi connectivity index (χ1n) is 8.36. The number of aromatic nitrogens is 1. The van der Waals surface area contributed by atoms with E-state index in [2.05, 4.69) is 4.98 Å². The van der Waals surface area contributed by atoms with E-state index in [-0.39, 0.29) is 11.8 Å². The second kappa shape index (κ2) is 7.79. The molecular formula is C19H20N2O4. The monoisotopic (exact) mass is 340 g/mol. The zero-order chi connectivity index (χ0) is 17.6. The lowest BCUT2D eigenvalue weighted by Gasteiger charge is -2.26. The van der Waals surface area contributed by atoms with E-state index in [0.29, 0.717) is 17.5 Å². The van der Waals surface area contributed by atoms with E-state index in [4.69, 9.17) is 9.84 Å². The number of benzene rings is 1. The summed E-state index contributed by atoms with van der Waals surface area (Å²) in [5.41, 5.74) is 2.32. The van der Waals surface area contributed by atoms with E-state index >= 15 is 0 Å². The van der Waals surface area contributed by atoms with Crippen LogP contribution in [0.1, 0.15) is 40.7 Å². The van der Waals surface area contributed by atoms with Gasteiger partial charge in [0.15, 0.2) is 0 Å². The number of pyridine rings is 1. The standard InChI is InChI=1S/C19H20N2O4/c22-18(21-11-2-1-3-12-21)15-8-6-14(7-9-15)13-16-5-4-10-20-17(16)25-19(23)24/h4-10H,1-3,11-13H2,(H,23,24). The van der Waals surface area contributed by atoms with E-state index in [9.17, 15) is 9.59 Å². The SMILES string of the molecule is O=C(O)Oc1ncccc1Cc1ccc(C(=O)N2CCCCC2)cc1. The molecule has 1 N–H and O–H groups in total. The number of likely N-dealkylation sites (tertiary alicyclic amines) is 1. The van der Waals surface area contributed by atoms with Crippen molar-refractivity contribution >= 4 is 12.1 Å². The Balaban J connectivity index is 1.71. The van der Waals surface area contributed by atoms with Gasteiger partial charge in [0, 0.05) is 36.8 Å². The molecule has 0 atom stereocenters. The van der Waals surface area contributed by atoms with Gasteiger partial charge in [-0.3, -0.25) is 4.79 Å². The zero-order valence-electron chi connectivity index (χ0n) is 13.9. The van der Waals surface area contributed by atoms with Crippen LogP contribution in [-0.2, 0) is 6.42 Å². The molecule has 6 heteroatoms. The van der Waals surface area contributed by atoms with Gasteiger partial charge in [0.25, 0.3) is 5.91 Å². The molecule has 0 aliphatic carbocycles. The largest absolute Gasteiger partial charge is 0.512 e. The molecule has 1 aromatic heterocycles. The van der Waals surface area contributed by atoms with Crippen LogP contribution in [-0.4, -0.2) is 40.1 Å². The molecule has 0 radical (unpaired) electrons. The van der Waals surface area contributed by atoms with Gasteiger partial charge in [0.05, 0.1) is 0 Å². The minimum absolute atomic E-state index is 0.0718. The summed E-state index contributed by atoms with van der Waals surface area (Å²) in [6.07, 6.45) is 3.90. The van der Waals surface area contributed by atoms with Crippen molar-refractivity contribution in [1.82, 2.24) is 9.88 Å². The van der Waals surface area contributed by atoms with Gasteiger partial charge in [-0.05, 0) is 43.0 Å². The number of nitrogens with zero attached hydrogens (tertiary/aromatic N) is 2. The van der Waals surface area contributed by atoms with Gasteiger partial charge in [-0.1, -0.05) is 18.2 Å². The lowest BCUT2D eigenvalue weighted by molar-refractivity contribution is 0.0724. The van der Waals surface area contributed by atoms with Crippen molar-refractivity contribution in [3.8, 4) is 5.88 Å². The van der Waals surface area contributed by atoms with Gasteiger partial charge in [0.2, 0.25) is 5.88 Å². The predicted octanol–water partition coefficient (Wildman–Crippen LogP) is 3.36. The van der Waals surface area contributed by atoms with Crippen molar-refractivity contribution in [3.63, 3.8) is 0 Å². The van der Waals surface area contributed by atoms with Crippen LogP contribution in [0.15, 0.2) is 42.6 Å². The normalized spacial score (nSPS) is 14.2. The summed E-state index contributed by atoms with van der Waals surface area (Å²) in [6.45, 7) is 1.65. The number of piperidine rings is 1. The minimum atomic E-state index is -1.39. The lowest BCUT2D eigenvalue weighted by atomic mass is 10.0. The highest BCUT2D eigenvalue weighted by atomic mass is 16.7. The molecular weight excluding hydrogens is 320 g/mol. The van der Waals surface area contributed by atoms with Gasteiger partial charge in [0.1, 0.15) is 0 Å². The first-order chi connectivity index (χ1) is 12.1. The van der Waals surface area contributed by atoms with Crippen LogP contribution >= 0.6 is 0 Å². The second-order valence-corrected chi connectivity index (χ2v) is 6.06.